The van der Waals surface area contributed by atoms with Crippen LogP contribution in [0.1, 0.15) is 40.0 Å². The van der Waals surface area contributed by atoms with E-state index in [-0.39, 0.29) is 12.5 Å². The summed E-state index contributed by atoms with van der Waals surface area (Å²) in [4.78, 5) is 27.5. The molecule has 1 aromatic heterocycles. The van der Waals surface area contributed by atoms with Crippen LogP contribution in [0.5, 0.6) is 23.0 Å². The number of benzene rings is 3. The van der Waals surface area contributed by atoms with Crippen LogP contribution >= 0.6 is 0 Å². The smallest absolute Gasteiger partial charge is 0.336 e. The van der Waals surface area contributed by atoms with E-state index in [1.165, 1.54) is 6.07 Å². The minimum atomic E-state index is -0.411. The van der Waals surface area contributed by atoms with Crippen molar-refractivity contribution >= 4 is 16.9 Å². The molecule has 1 amide bonds. The lowest BCUT2D eigenvalue weighted by Crippen LogP contribution is -2.42. The number of aryl methyl sites for hydroxylation is 1. The van der Waals surface area contributed by atoms with Crippen LogP contribution in [0.15, 0.2) is 69.9 Å². The average molecular weight is 530 g/mol. The number of carbonyl (C=O) groups is 1. The molecule has 39 heavy (non-hydrogen) atoms. The third-order valence-electron chi connectivity index (χ3n) is 7.01. The average Bonchev–Trinajstić information content (AvgIpc) is 2.95. The Kier molecular flexibility index (Phi) is 7.45. The van der Waals surface area contributed by atoms with Gasteiger partial charge in [-0.15, -0.1) is 0 Å². The predicted octanol–water partition coefficient (Wildman–Crippen LogP) is 5.34. The van der Waals surface area contributed by atoms with Crippen molar-refractivity contribution in [1.29, 1.82) is 0 Å². The van der Waals surface area contributed by atoms with Crippen molar-refractivity contribution in [3.05, 3.63) is 93.3 Å². The number of carbonyl (C=O) groups excluding carboxylic acids is 1. The fourth-order valence-electron chi connectivity index (χ4n) is 5.05. The summed E-state index contributed by atoms with van der Waals surface area (Å²) >= 11 is 0. The predicted molar refractivity (Wildman–Crippen MR) is 147 cm³/mol. The number of amides is 1. The van der Waals surface area contributed by atoms with E-state index in [2.05, 4.69) is 0 Å². The van der Waals surface area contributed by atoms with Crippen molar-refractivity contribution in [2.45, 2.75) is 26.3 Å². The highest BCUT2D eigenvalue weighted by Crippen LogP contribution is 2.39. The zero-order valence-electron chi connectivity index (χ0n) is 22.5. The Balaban J connectivity index is 1.49. The number of fused-ring (bicyclic) bond motifs is 2. The molecule has 0 saturated heterocycles. The number of nitrogens with zero attached hydrogens (tertiary/aromatic N) is 1. The highest BCUT2D eigenvalue weighted by Gasteiger charge is 2.33. The highest BCUT2D eigenvalue weighted by molar-refractivity contribution is 5.95. The highest BCUT2D eigenvalue weighted by atomic mass is 16.5. The second kappa shape index (κ2) is 11.1. The van der Waals surface area contributed by atoms with Gasteiger partial charge in [-0.1, -0.05) is 0 Å². The van der Waals surface area contributed by atoms with Gasteiger partial charge in [0.05, 0.1) is 26.9 Å². The molecule has 3 aromatic carbocycles. The summed E-state index contributed by atoms with van der Waals surface area (Å²) < 4.78 is 28.3. The summed E-state index contributed by atoms with van der Waals surface area (Å²) in [6.45, 7) is 5.03. The fraction of sp³-hybridized carbons (Fsp3) is 0.290. The zero-order valence-corrected chi connectivity index (χ0v) is 22.5. The normalized spacial score (nSPS) is 14.6. The first-order valence-electron chi connectivity index (χ1n) is 12.9. The largest absolute Gasteiger partial charge is 0.494 e. The molecule has 0 saturated carbocycles. The topological polar surface area (TPSA) is 87.4 Å². The van der Waals surface area contributed by atoms with E-state index in [1.54, 1.807) is 44.6 Å². The molecule has 5 rings (SSSR count). The van der Waals surface area contributed by atoms with E-state index < -0.39 is 11.7 Å². The quantitative estimate of drug-likeness (QED) is 0.285. The Bertz CT molecular complexity index is 1560. The molecule has 8 nitrogen and oxygen atoms in total. The van der Waals surface area contributed by atoms with Crippen molar-refractivity contribution in [2.24, 2.45) is 0 Å². The molecule has 0 unspecified atom stereocenters. The Morgan fingerprint density at radius 2 is 1.67 bits per heavy atom. The molecule has 2 heterocycles. The summed E-state index contributed by atoms with van der Waals surface area (Å²) in [5, 5.41) is 0.842. The summed E-state index contributed by atoms with van der Waals surface area (Å²) in [5.41, 5.74) is 3.44. The molecular formula is C31H31NO7. The molecule has 0 N–H and O–H groups in total. The first-order valence-corrected chi connectivity index (χ1v) is 12.9. The van der Waals surface area contributed by atoms with Crippen LogP contribution in [0.2, 0.25) is 0 Å². The molecular weight excluding hydrogens is 498 g/mol. The standard InChI is InChI=1S/C31H31NO7/c1-5-37-22-8-6-20(7-9-22)31(34)32-13-12-21-15-28(35-3)29(36-4)17-25(21)26(32)18-38-23-10-11-24-19(2)14-30(33)39-27(24)16-23/h6-11,14-17,26H,5,12-13,18H2,1-4H3/t26-/m1/s1. The first kappa shape index (κ1) is 26.2. The maximum atomic E-state index is 13.8. The Labute approximate surface area is 226 Å². The Hall–Kier alpha value is -4.46. The third kappa shape index (κ3) is 5.27. The summed E-state index contributed by atoms with van der Waals surface area (Å²) in [6, 6.07) is 17.5. The molecule has 202 valence electrons. The van der Waals surface area contributed by atoms with Crippen molar-refractivity contribution < 1.29 is 28.2 Å². The van der Waals surface area contributed by atoms with E-state index in [4.69, 9.17) is 23.4 Å². The summed E-state index contributed by atoms with van der Waals surface area (Å²) in [6.07, 6.45) is 0.662. The molecule has 0 aliphatic carbocycles. The van der Waals surface area contributed by atoms with Gasteiger partial charge in [0.1, 0.15) is 23.7 Å². The number of hydrogen-bond acceptors (Lipinski definition) is 7. The van der Waals surface area contributed by atoms with Crippen LogP contribution in [0, 0.1) is 6.92 Å². The number of methoxy groups -OCH3 is 2. The Morgan fingerprint density at radius 1 is 0.949 bits per heavy atom. The van der Waals surface area contributed by atoms with Gasteiger partial charge in [0, 0.05) is 29.6 Å². The van der Waals surface area contributed by atoms with Crippen LogP contribution in [0.25, 0.3) is 11.0 Å². The molecule has 0 radical (unpaired) electrons. The van der Waals surface area contributed by atoms with Gasteiger partial charge < -0.3 is 28.3 Å². The van der Waals surface area contributed by atoms with E-state index in [0.29, 0.717) is 53.7 Å². The van der Waals surface area contributed by atoms with Crippen LogP contribution in [-0.2, 0) is 6.42 Å². The van der Waals surface area contributed by atoms with Gasteiger partial charge in [-0.25, -0.2) is 4.79 Å². The van der Waals surface area contributed by atoms with E-state index in [1.807, 2.05) is 43.0 Å². The molecule has 1 aliphatic heterocycles. The molecule has 0 spiro atoms. The SMILES string of the molecule is CCOc1ccc(C(=O)N2CCc3cc(OC)c(OC)cc3[C@H]2COc2ccc3c(C)cc(=O)oc3c2)cc1. The molecule has 1 atom stereocenters. The van der Waals surface area contributed by atoms with Gasteiger partial charge in [0.25, 0.3) is 5.91 Å². The van der Waals surface area contributed by atoms with E-state index in [9.17, 15) is 9.59 Å². The van der Waals surface area contributed by atoms with Gasteiger partial charge in [0.15, 0.2) is 11.5 Å². The lowest BCUT2D eigenvalue weighted by Gasteiger charge is -2.37. The van der Waals surface area contributed by atoms with Crippen LogP contribution in [0.4, 0.5) is 0 Å². The van der Waals surface area contributed by atoms with Crippen LogP contribution in [-0.4, -0.2) is 44.8 Å². The summed E-state index contributed by atoms with van der Waals surface area (Å²) in [7, 11) is 3.20. The molecule has 4 aromatic rings. The summed E-state index contributed by atoms with van der Waals surface area (Å²) in [5.74, 6) is 2.37. The van der Waals surface area contributed by atoms with Crippen LogP contribution in [0.3, 0.4) is 0 Å². The monoisotopic (exact) mass is 529 g/mol. The van der Waals surface area contributed by atoms with Crippen molar-refractivity contribution in [2.75, 3.05) is 34.0 Å². The minimum Gasteiger partial charge on any atom is -0.494 e. The second-order valence-electron chi connectivity index (χ2n) is 9.35. The van der Waals surface area contributed by atoms with Crippen molar-refractivity contribution in [1.82, 2.24) is 4.90 Å². The van der Waals surface area contributed by atoms with Gasteiger partial charge in [-0.3, -0.25) is 4.79 Å². The lowest BCUT2D eigenvalue weighted by atomic mass is 9.91. The molecule has 0 fully saturated rings. The number of ether oxygens (including phenoxy) is 4. The van der Waals surface area contributed by atoms with Gasteiger partial charge in [-0.2, -0.15) is 0 Å². The zero-order chi connectivity index (χ0) is 27.5. The number of rotatable bonds is 8. The van der Waals surface area contributed by atoms with Gasteiger partial charge in [0.2, 0.25) is 0 Å². The third-order valence-corrected chi connectivity index (χ3v) is 7.01. The van der Waals surface area contributed by atoms with Gasteiger partial charge in [-0.05, 0) is 85.5 Å². The van der Waals surface area contributed by atoms with Crippen molar-refractivity contribution in [3.8, 4) is 23.0 Å². The van der Waals surface area contributed by atoms with E-state index in [0.717, 1.165) is 22.1 Å². The minimum absolute atomic E-state index is 0.104. The maximum Gasteiger partial charge on any atom is 0.336 e. The van der Waals surface area contributed by atoms with Gasteiger partial charge >= 0.3 is 5.63 Å². The fourth-order valence-corrected chi connectivity index (χ4v) is 5.05. The first-order chi connectivity index (χ1) is 18.9. The molecule has 8 heteroatoms. The molecule has 1 aliphatic rings. The van der Waals surface area contributed by atoms with Crippen molar-refractivity contribution in [3.63, 3.8) is 0 Å². The maximum absolute atomic E-state index is 13.8. The second-order valence-corrected chi connectivity index (χ2v) is 9.35. The number of hydrogen-bond donors (Lipinski definition) is 0. The Morgan fingerprint density at radius 3 is 2.38 bits per heavy atom. The van der Waals surface area contributed by atoms with E-state index >= 15 is 0 Å². The molecule has 0 bridgehead atoms. The van der Waals surface area contributed by atoms with Crippen LogP contribution < -0.4 is 24.6 Å². The lowest BCUT2D eigenvalue weighted by molar-refractivity contribution is 0.0589.